The number of rotatable bonds is 7. The summed E-state index contributed by atoms with van der Waals surface area (Å²) < 4.78 is 6.13. The molecular weight excluding hydrogens is 314 g/mol. The second-order valence-corrected chi connectivity index (χ2v) is 5.84. The zero-order valence-corrected chi connectivity index (χ0v) is 14.0. The summed E-state index contributed by atoms with van der Waals surface area (Å²) >= 11 is 0. The minimum absolute atomic E-state index is 0.183. The number of hydrogen-bond donors (Lipinski definition) is 1. The highest BCUT2D eigenvalue weighted by molar-refractivity contribution is 5.75. The highest BCUT2D eigenvalue weighted by Gasteiger charge is 2.17. The van der Waals surface area contributed by atoms with Gasteiger partial charge >= 0.3 is 0 Å². The maximum Gasteiger partial charge on any atom is 0.265 e. The van der Waals surface area contributed by atoms with E-state index in [0.29, 0.717) is 30.6 Å². The average molecular weight is 335 g/mol. The van der Waals surface area contributed by atoms with Gasteiger partial charge in [0.15, 0.2) is 5.82 Å². The fourth-order valence-electron chi connectivity index (χ4n) is 2.15. The number of aromatic nitrogens is 4. The van der Waals surface area contributed by atoms with Crippen LogP contribution in [0.25, 0.3) is 0 Å². The predicted octanol–water partition coefficient (Wildman–Crippen LogP) is 0.167. The summed E-state index contributed by atoms with van der Waals surface area (Å²) in [6, 6.07) is 2.25. The van der Waals surface area contributed by atoms with Gasteiger partial charge < -0.3 is 9.42 Å². The SMILES string of the molecule is CCN(Cc1noc(CC(C)C)n1)C(=O)Cn1[nH]c(=O)ccc1=O. The first-order chi connectivity index (χ1) is 11.4. The number of nitrogens with one attached hydrogen (secondary N) is 1. The summed E-state index contributed by atoms with van der Waals surface area (Å²) in [7, 11) is 0. The van der Waals surface area contributed by atoms with Crippen LogP contribution in [-0.2, 0) is 24.3 Å². The first-order valence-corrected chi connectivity index (χ1v) is 7.78. The Morgan fingerprint density at radius 3 is 2.79 bits per heavy atom. The van der Waals surface area contributed by atoms with Crippen molar-refractivity contribution in [2.45, 2.75) is 40.3 Å². The van der Waals surface area contributed by atoms with Crippen LogP contribution in [0.4, 0.5) is 0 Å². The van der Waals surface area contributed by atoms with Crippen molar-refractivity contribution in [3.05, 3.63) is 44.6 Å². The highest BCUT2D eigenvalue weighted by atomic mass is 16.5. The molecule has 0 radical (unpaired) electrons. The third kappa shape index (κ3) is 4.64. The monoisotopic (exact) mass is 335 g/mol. The molecule has 0 fully saturated rings. The Kier molecular flexibility index (Phi) is 5.67. The molecule has 2 aromatic heterocycles. The molecule has 2 rings (SSSR count). The van der Waals surface area contributed by atoms with Crippen molar-refractivity contribution in [1.82, 2.24) is 24.8 Å². The first-order valence-electron chi connectivity index (χ1n) is 7.78. The van der Waals surface area contributed by atoms with Crippen LogP contribution in [0.3, 0.4) is 0 Å². The standard InChI is InChI=1S/C15H21N5O4/c1-4-19(8-11-16-13(24-18-11)7-10(2)3)15(23)9-20-14(22)6-5-12(21)17-20/h5-6,10H,4,7-9H2,1-3H3,(H,17,21). The second-order valence-electron chi connectivity index (χ2n) is 5.84. The summed E-state index contributed by atoms with van der Waals surface area (Å²) in [4.78, 5) is 41.0. The molecule has 1 N–H and O–H groups in total. The molecule has 0 spiro atoms. The molecule has 2 heterocycles. The van der Waals surface area contributed by atoms with E-state index in [0.717, 1.165) is 16.8 Å². The summed E-state index contributed by atoms with van der Waals surface area (Å²) in [5.41, 5.74) is -0.889. The number of carbonyl (C=O) groups is 1. The molecule has 0 bridgehead atoms. The molecule has 9 nitrogen and oxygen atoms in total. The summed E-state index contributed by atoms with van der Waals surface area (Å²) in [5.74, 6) is 1.02. The van der Waals surface area contributed by atoms with Crippen molar-refractivity contribution < 1.29 is 9.32 Å². The van der Waals surface area contributed by atoms with Gasteiger partial charge in [-0.25, -0.2) is 4.68 Å². The summed E-state index contributed by atoms with van der Waals surface area (Å²) in [6.45, 7) is 6.25. The molecular formula is C15H21N5O4. The van der Waals surface area contributed by atoms with E-state index in [4.69, 9.17) is 4.52 Å². The van der Waals surface area contributed by atoms with Gasteiger partial charge in [0.05, 0.1) is 6.54 Å². The van der Waals surface area contributed by atoms with Gasteiger partial charge in [0.2, 0.25) is 11.8 Å². The van der Waals surface area contributed by atoms with Crippen molar-refractivity contribution >= 4 is 5.91 Å². The van der Waals surface area contributed by atoms with E-state index in [1.54, 1.807) is 0 Å². The highest BCUT2D eigenvalue weighted by Crippen LogP contribution is 2.07. The van der Waals surface area contributed by atoms with E-state index in [1.807, 2.05) is 20.8 Å². The van der Waals surface area contributed by atoms with Gasteiger partial charge in [0, 0.05) is 25.1 Å². The number of H-pyrrole nitrogens is 1. The van der Waals surface area contributed by atoms with Gasteiger partial charge in [-0.15, -0.1) is 0 Å². The van der Waals surface area contributed by atoms with Crippen LogP contribution in [0.2, 0.25) is 0 Å². The van der Waals surface area contributed by atoms with Crippen molar-refractivity contribution in [3.63, 3.8) is 0 Å². The first kappa shape index (κ1) is 17.6. The lowest BCUT2D eigenvalue weighted by molar-refractivity contribution is -0.132. The molecule has 1 amide bonds. The minimum atomic E-state index is -0.446. The number of hydrogen-bond acceptors (Lipinski definition) is 6. The van der Waals surface area contributed by atoms with Crippen LogP contribution in [0.5, 0.6) is 0 Å². The second kappa shape index (κ2) is 7.71. The fraction of sp³-hybridized carbons (Fsp3) is 0.533. The average Bonchev–Trinajstić information content (AvgIpc) is 2.94. The van der Waals surface area contributed by atoms with E-state index in [-0.39, 0.29) is 19.0 Å². The largest absolute Gasteiger partial charge is 0.339 e. The van der Waals surface area contributed by atoms with Gasteiger partial charge in [-0.3, -0.25) is 19.5 Å². The number of carbonyl (C=O) groups excluding carboxylic acids is 1. The zero-order chi connectivity index (χ0) is 17.7. The topological polar surface area (TPSA) is 114 Å². The van der Waals surface area contributed by atoms with E-state index in [9.17, 15) is 14.4 Å². The van der Waals surface area contributed by atoms with Gasteiger partial charge in [-0.2, -0.15) is 4.98 Å². The molecule has 0 aliphatic carbocycles. The van der Waals surface area contributed by atoms with Crippen molar-refractivity contribution in [2.75, 3.05) is 6.54 Å². The molecule has 130 valence electrons. The van der Waals surface area contributed by atoms with Gasteiger partial charge in [0.1, 0.15) is 6.54 Å². The lowest BCUT2D eigenvalue weighted by Gasteiger charge is -2.19. The van der Waals surface area contributed by atoms with Gasteiger partial charge in [-0.1, -0.05) is 19.0 Å². The van der Waals surface area contributed by atoms with E-state index >= 15 is 0 Å². The Labute approximate surface area is 138 Å². The molecule has 0 aliphatic rings. The number of aromatic amines is 1. The molecule has 2 aromatic rings. The Balaban J connectivity index is 2.06. The molecule has 0 aliphatic heterocycles. The Hall–Kier alpha value is -2.71. The molecule has 0 unspecified atom stereocenters. The fourth-order valence-corrected chi connectivity index (χ4v) is 2.15. The minimum Gasteiger partial charge on any atom is -0.339 e. The number of nitrogens with zero attached hydrogens (tertiary/aromatic N) is 4. The molecule has 24 heavy (non-hydrogen) atoms. The Morgan fingerprint density at radius 1 is 1.38 bits per heavy atom. The lowest BCUT2D eigenvalue weighted by Crippen LogP contribution is -2.38. The van der Waals surface area contributed by atoms with E-state index < -0.39 is 11.1 Å². The summed E-state index contributed by atoms with van der Waals surface area (Å²) in [5, 5.41) is 6.20. The third-order valence-electron chi connectivity index (χ3n) is 3.34. The van der Waals surface area contributed by atoms with Crippen molar-refractivity contribution in [1.29, 1.82) is 0 Å². The van der Waals surface area contributed by atoms with Crippen LogP contribution in [0.15, 0.2) is 26.2 Å². The molecule has 0 aromatic carbocycles. The van der Waals surface area contributed by atoms with Crippen molar-refractivity contribution in [3.8, 4) is 0 Å². The van der Waals surface area contributed by atoms with E-state index in [2.05, 4.69) is 15.2 Å². The van der Waals surface area contributed by atoms with Crippen LogP contribution in [-0.4, -0.2) is 37.3 Å². The number of amides is 1. The Morgan fingerprint density at radius 2 is 2.12 bits per heavy atom. The Bertz CT molecular complexity index is 804. The smallest absolute Gasteiger partial charge is 0.265 e. The van der Waals surface area contributed by atoms with Crippen LogP contribution in [0.1, 0.15) is 32.5 Å². The van der Waals surface area contributed by atoms with Crippen LogP contribution < -0.4 is 11.1 Å². The van der Waals surface area contributed by atoms with E-state index in [1.165, 1.54) is 4.90 Å². The van der Waals surface area contributed by atoms with Gasteiger partial charge in [0.25, 0.3) is 11.1 Å². The zero-order valence-electron chi connectivity index (χ0n) is 14.0. The third-order valence-corrected chi connectivity index (χ3v) is 3.34. The van der Waals surface area contributed by atoms with Crippen LogP contribution in [0, 0.1) is 5.92 Å². The molecule has 0 saturated heterocycles. The molecule has 0 saturated carbocycles. The van der Waals surface area contributed by atoms with Gasteiger partial charge in [-0.05, 0) is 12.8 Å². The summed E-state index contributed by atoms with van der Waals surface area (Å²) in [6.07, 6.45) is 0.674. The number of likely N-dealkylation sites (N-methyl/N-ethyl adjacent to an activating group) is 1. The van der Waals surface area contributed by atoms with Crippen molar-refractivity contribution in [2.24, 2.45) is 5.92 Å². The normalized spacial score (nSPS) is 11.0. The van der Waals surface area contributed by atoms with Crippen LogP contribution >= 0.6 is 0 Å². The predicted molar refractivity (Wildman–Crippen MR) is 85.3 cm³/mol. The lowest BCUT2D eigenvalue weighted by atomic mass is 10.1. The maximum atomic E-state index is 12.4. The molecule has 0 atom stereocenters. The maximum absolute atomic E-state index is 12.4. The molecule has 9 heteroatoms. The quantitative estimate of drug-likeness (QED) is 0.771.